The molecule has 122 valence electrons. The monoisotopic (exact) mass is 311 g/mol. The third kappa shape index (κ3) is 4.81. The van der Waals surface area contributed by atoms with Crippen molar-refractivity contribution in [3.63, 3.8) is 0 Å². The summed E-state index contributed by atoms with van der Waals surface area (Å²) in [7, 11) is 0. The van der Waals surface area contributed by atoms with Gasteiger partial charge in [-0.25, -0.2) is 0 Å². The number of ether oxygens (including phenoxy) is 1. The molecule has 23 heavy (non-hydrogen) atoms. The van der Waals surface area contributed by atoms with Crippen molar-refractivity contribution in [1.82, 2.24) is 4.90 Å². The summed E-state index contributed by atoms with van der Waals surface area (Å²) in [5.41, 5.74) is 0.661. The molecule has 0 radical (unpaired) electrons. The summed E-state index contributed by atoms with van der Waals surface area (Å²) in [5, 5.41) is 10.8. The lowest BCUT2D eigenvalue weighted by atomic mass is 9.85. The minimum Gasteiger partial charge on any atom is -0.492 e. The first-order chi connectivity index (χ1) is 11.2. The number of benzene rings is 2. The smallest absolute Gasteiger partial charge is 0.119 e. The molecule has 0 unspecified atom stereocenters. The van der Waals surface area contributed by atoms with Gasteiger partial charge >= 0.3 is 0 Å². The average molecular weight is 311 g/mol. The molecule has 0 bridgehead atoms. The predicted octanol–water partition coefficient (Wildman–Crippen LogP) is 3.14. The maximum atomic E-state index is 10.8. The van der Waals surface area contributed by atoms with Crippen molar-refractivity contribution in [3.05, 3.63) is 66.2 Å². The molecule has 1 aliphatic heterocycles. The molecule has 1 aliphatic rings. The Kier molecular flexibility index (Phi) is 5.31. The zero-order valence-electron chi connectivity index (χ0n) is 13.5. The molecule has 1 saturated heterocycles. The molecule has 0 spiro atoms. The number of hydrogen-bond donors (Lipinski definition) is 1. The standard InChI is InChI=1S/C20H25NO2/c22-20(17-18-7-3-1-4-8-18)11-13-21(14-12-20)15-16-23-19-9-5-2-6-10-19/h1-10,22H,11-17H2. The third-order valence-electron chi connectivity index (χ3n) is 4.58. The van der Waals surface area contributed by atoms with Crippen molar-refractivity contribution in [2.75, 3.05) is 26.2 Å². The Morgan fingerprint density at radius 1 is 0.913 bits per heavy atom. The van der Waals surface area contributed by atoms with E-state index in [9.17, 15) is 5.11 Å². The summed E-state index contributed by atoms with van der Waals surface area (Å²) in [5.74, 6) is 0.921. The molecule has 2 aromatic carbocycles. The topological polar surface area (TPSA) is 32.7 Å². The van der Waals surface area contributed by atoms with E-state index in [0.29, 0.717) is 6.61 Å². The van der Waals surface area contributed by atoms with Gasteiger partial charge in [-0.3, -0.25) is 4.90 Å². The Balaban J connectivity index is 1.41. The molecule has 1 heterocycles. The van der Waals surface area contributed by atoms with E-state index in [0.717, 1.165) is 44.6 Å². The Morgan fingerprint density at radius 3 is 2.17 bits per heavy atom. The van der Waals surface area contributed by atoms with Gasteiger partial charge < -0.3 is 9.84 Å². The third-order valence-corrected chi connectivity index (χ3v) is 4.58. The van der Waals surface area contributed by atoms with Crippen LogP contribution in [0.15, 0.2) is 60.7 Å². The Bertz CT molecular complexity index is 577. The van der Waals surface area contributed by atoms with E-state index in [2.05, 4.69) is 17.0 Å². The van der Waals surface area contributed by atoms with Crippen LogP contribution in [0.25, 0.3) is 0 Å². The van der Waals surface area contributed by atoms with Crippen LogP contribution in [-0.2, 0) is 6.42 Å². The van der Waals surface area contributed by atoms with Gasteiger partial charge in [0.25, 0.3) is 0 Å². The van der Waals surface area contributed by atoms with Gasteiger partial charge in [0.2, 0.25) is 0 Å². The van der Waals surface area contributed by atoms with Crippen molar-refractivity contribution in [1.29, 1.82) is 0 Å². The first kappa shape index (κ1) is 16.0. The van der Waals surface area contributed by atoms with Crippen LogP contribution in [-0.4, -0.2) is 41.8 Å². The second-order valence-corrected chi connectivity index (χ2v) is 6.39. The molecule has 0 amide bonds. The minimum absolute atomic E-state index is 0.557. The summed E-state index contributed by atoms with van der Waals surface area (Å²) in [6, 6.07) is 20.2. The van der Waals surface area contributed by atoms with E-state index >= 15 is 0 Å². The Morgan fingerprint density at radius 2 is 1.52 bits per heavy atom. The molecule has 0 aliphatic carbocycles. The van der Waals surface area contributed by atoms with Gasteiger partial charge in [-0.1, -0.05) is 48.5 Å². The van der Waals surface area contributed by atoms with E-state index in [4.69, 9.17) is 4.74 Å². The van der Waals surface area contributed by atoms with Crippen molar-refractivity contribution in [2.24, 2.45) is 0 Å². The number of aliphatic hydroxyl groups is 1. The molecule has 0 aromatic heterocycles. The highest BCUT2D eigenvalue weighted by Gasteiger charge is 2.32. The fourth-order valence-corrected chi connectivity index (χ4v) is 3.15. The molecular formula is C20H25NO2. The molecule has 0 atom stereocenters. The van der Waals surface area contributed by atoms with E-state index in [1.54, 1.807) is 0 Å². The second kappa shape index (κ2) is 7.62. The highest BCUT2D eigenvalue weighted by Crippen LogP contribution is 2.26. The molecule has 3 rings (SSSR count). The highest BCUT2D eigenvalue weighted by atomic mass is 16.5. The van der Waals surface area contributed by atoms with E-state index in [1.165, 1.54) is 5.56 Å². The van der Waals surface area contributed by atoms with E-state index in [-0.39, 0.29) is 0 Å². The summed E-state index contributed by atoms with van der Waals surface area (Å²) in [4.78, 5) is 2.38. The lowest BCUT2D eigenvalue weighted by Crippen LogP contribution is -2.46. The van der Waals surface area contributed by atoms with Crippen LogP contribution in [0.5, 0.6) is 5.75 Å². The zero-order valence-corrected chi connectivity index (χ0v) is 13.5. The van der Waals surface area contributed by atoms with Crippen LogP contribution in [0.1, 0.15) is 18.4 Å². The number of rotatable bonds is 6. The molecule has 3 heteroatoms. The fourth-order valence-electron chi connectivity index (χ4n) is 3.15. The van der Waals surface area contributed by atoms with Gasteiger partial charge in [-0.05, 0) is 30.5 Å². The summed E-state index contributed by atoms with van der Waals surface area (Å²) in [6.07, 6.45) is 2.41. The van der Waals surface area contributed by atoms with Gasteiger partial charge in [-0.15, -0.1) is 0 Å². The molecule has 1 N–H and O–H groups in total. The number of nitrogens with zero attached hydrogens (tertiary/aromatic N) is 1. The summed E-state index contributed by atoms with van der Waals surface area (Å²) >= 11 is 0. The van der Waals surface area contributed by atoms with Gasteiger partial charge in [-0.2, -0.15) is 0 Å². The van der Waals surface area contributed by atoms with Gasteiger partial charge in [0.05, 0.1) is 5.60 Å². The van der Waals surface area contributed by atoms with Crippen LogP contribution < -0.4 is 4.74 Å². The summed E-state index contributed by atoms with van der Waals surface area (Å²) in [6.45, 7) is 3.47. The summed E-state index contributed by atoms with van der Waals surface area (Å²) < 4.78 is 5.75. The van der Waals surface area contributed by atoms with Crippen molar-refractivity contribution < 1.29 is 9.84 Å². The Hall–Kier alpha value is -1.84. The van der Waals surface area contributed by atoms with Crippen molar-refractivity contribution in [2.45, 2.75) is 24.9 Å². The quantitative estimate of drug-likeness (QED) is 0.889. The van der Waals surface area contributed by atoms with E-state index < -0.39 is 5.60 Å². The van der Waals surface area contributed by atoms with Crippen LogP contribution >= 0.6 is 0 Å². The molecule has 3 nitrogen and oxygen atoms in total. The van der Waals surface area contributed by atoms with E-state index in [1.807, 2.05) is 48.5 Å². The van der Waals surface area contributed by atoms with Crippen molar-refractivity contribution in [3.8, 4) is 5.75 Å². The normalized spacial score (nSPS) is 17.8. The molecule has 0 saturated carbocycles. The lowest BCUT2D eigenvalue weighted by molar-refractivity contribution is -0.0226. The van der Waals surface area contributed by atoms with Crippen LogP contribution in [0.3, 0.4) is 0 Å². The minimum atomic E-state index is -0.557. The van der Waals surface area contributed by atoms with Gasteiger partial charge in [0.1, 0.15) is 12.4 Å². The van der Waals surface area contributed by atoms with Crippen LogP contribution in [0.2, 0.25) is 0 Å². The van der Waals surface area contributed by atoms with Gasteiger partial charge in [0.15, 0.2) is 0 Å². The van der Waals surface area contributed by atoms with Crippen molar-refractivity contribution >= 4 is 0 Å². The second-order valence-electron chi connectivity index (χ2n) is 6.39. The first-order valence-electron chi connectivity index (χ1n) is 8.40. The lowest BCUT2D eigenvalue weighted by Gasteiger charge is -2.38. The Labute approximate surface area is 138 Å². The zero-order chi connectivity index (χ0) is 16.0. The average Bonchev–Trinajstić information content (AvgIpc) is 2.59. The van der Waals surface area contributed by atoms with Crippen LogP contribution in [0, 0.1) is 0 Å². The number of hydrogen-bond acceptors (Lipinski definition) is 3. The molecule has 1 fully saturated rings. The highest BCUT2D eigenvalue weighted by molar-refractivity contribution is 5.21. The number of para-hydroxylation sites is 1. The van der Waals surface area contributed by atoms with Gasteiger partial charge in [0, 0.05) is 26.1 Å². The molecule has 2 aromatic rings. The van der Waals surface area contributed by atoms with Crippen LogP contribution in [0.4, 0.5) is 0 Å². The number of piperidine rings is 1. The SMILES string of the molecule is OC1(Cc2ccccc2)CCN(CCOc2ccccc2)CC1. The first-order valence-corrected chi connectivity index (χ1v) is 8.40. The number of likely N-dealkylation sites (tertiary alicyclic amines) is 1. The molecular weight excluding hydrogens is 286 g/mol. The predicted molar refractivity (Wildman–Crippen MR) is 92.7 cm³/mol. The maximum absolute atomic E-state index is 10.8. The largest absolute Gasteiger partial charge is 0.492 e. The maximum Gasteiger partial charge on any atom is 0.119 e. The fraction of sp³-hybridized carbons (Fsp3) is 0.400.